The summed E-state index contributed by atoms with van der Waals surface area (Å²) < 4.78 is 12.6. The van der Waals surface area contributed by atoms with Gasteiger partial charge >= 0.3 is 0 Å². The van der Waals surface area contributed by atoms with Crippen LogP contribution in [0.3, 0.4) is 0 Å². The third kappa shape index (κ3) is 3.01. The molecule has 2 aromatic rings. The molecule has 0 fully saturated rings. The van der Waals surface area contributed by atoms with Crippen molar-refractivity contribution in [1.82, 2.24) is 9.78 Å². The summed E-state index contributed by atoms with van der Waals surface area (Å²) in [7, 11) is 3.46. The van der Waals surface area contributed by atoms with E-state index < -0.39 is 0 Å². The molecule has 0 amide bonds. The molecule has 1 N–H and O–H groups in total. The van der Waals surface area contributed by atoms with E-state index in [0.29, 0.717) is 12.4 Å². The van der Waals surface area contributed by atoms with Crippen LogP contribution in [-0.2, 0) is 11.8 Å². The fourth-order valence-electron chi connectivity index (χ4n) is 1.63. The summed E-state index contributed by atoms with van der Waals surface area (Å²) in [6, 6.07) is 7.47. The standard InChI is InChI=1S/C13H15N2O3/c1-15-8-10(7-14-15)13(9-17-2)18-12-5-3-4-11(16)6-12/h4-8,13,16H,9H2,1-2H3. The van der Waals surface area contributed by atoms with E-state index in [9.17, 15) is 5.11 Å². The van der Waals surface area contributed by atoms with Crippen LogP contribution >= 0.6 is 0 Å². The van der Waals surface area contributed by atoms with Crippen molar-refractivity contribution in [3.05, 3.63) is 42.2 Å². The van der Waals surface area contributed by atoms with Crippen LogP contribution in [0.4, 0.5) is 0 Å². The minimum Gasteiger partial charge on any atom is -0.508 e. The van der Waals surface area contributed by atoms with Gasteiger partial charge in [0.25, 0.3) is 0 Å². The van der Waals surface area contributed by atoms with Gasteiger partial charge in [-0.25, -0.2) is 0 Å². The van der Waals surface area contributed by atoms with Crippen LogP contribution in [0.25, 0.3) is 0 Å². The molecule has 0 saturated heterocycles. The molecule has 0 aliphatic heterocycles. The Balaban J connectivity index is 2.16. The lowest BCUT2D eigenvalue weighted by Crippen LogP contribution is -2.13. The van der Waals surface area contributed by atoms with E-state index >= 15 is 0 Å². The molecule has 1 aromatic heterocycles. The van der Waals surface area contributed by atoms with Crippen molar-refractivity contribution >= 4 is 0 Å². The molecule has 2 rings (SSSR count). The molecule has 1 radical (unpaired) electrons. The van der Waals surface area contributed by atoms with Gasteiger partial charge in [-0.15, -0.1) is 0 Å². The third-order valence-corrected chi connectivity index (χ3v) is 2.44. The summed E-state index contributed by atoms with van der Waals surface area (Å²) in [4.78, 5) is 0. The molecule has 95 valence electrons. The van der Waals surface area contributed by atoms with Gasteiger partial charge in [0.15, 0.2) is 0 Å². The Bertz CT molecular complexity index is 510. The van der Waals surface area contributed by atoms with Gasteiger partial charge < -0.3 is 14.6 Å². The lowest BCUT2D eigenvalue weighted by atomic mass is 10.2. The Kier molecular flexibility index (Phi) is 3.84. The van der Waals surface area contributed by atoms with Crippen LogP contribution < -0.4 is 4.74 Å². The predicted octanol–water partition coefficient (Wildman–Crippen LogP) is 1.69. The second kappa shape index (κ2) is 5.55. The number of phenolic OH excluding ortho intramolecular Hbond substituents is 1. The van der Waals surface area contributed by atoms with E-state index in [0.717, 1.165) is 5.56 Å². The molecule has 0 aliphatic carbocycles. The summed E-state index contributed by atoms with van der Waals surface area (Å²) in [6.07, 6.45) is 3.34. The Hall–Kier alpha value is -2.01. The maximum Gasteiger partial charge on any atom is 0.150 e. The van der Waals surface area contributed by atoms with Crippen molar-refractivity contribution in [3.8, 4) is 11.5 Å². The number of benzene rings is 1. The summed E-state index contributed by atoms with van der Waals surface area (Å²) in [5.41, 5.74) is 0.919. The Labute approximate surface area is 106 Å². The minimum absolute atomic E-state index is 0.120. The highest BCUT2D eigenvalue weighted by atomic mass is 16.5. The van der Waals surface area contributed by atoms with Gasteiger partial charge in [-0.2, -0.15) is 5.10 Å². The summed E-state index contributed by atoms with van der Waals surface area (Å²) in [6.45, 7) is 0.404. The summed E-state index contributed by atoms with van der Waals surface area (Å²) in [5, 5.41) is 13.5. The normalized spacial score (nSPS) is 12.3. The molecule has 5 heteroatoms. The van der Waals surface area contributed by atoms with Crippen LogP contribution in [0.1, 0.15) is 11.7 Å². The van der Waals surface area contributed by atoms with Gasteiger partial charge in [-0.05, 0) is 18.2 Å². The zero-order chi connectivity index (χ0) is 13.0. The van der Waals surface area contributed by atoms with E-state index in [1.165, 1.54) is 12.1 Å². The van der Waals surface area contributed by atoms with Gasteiger partial charge in [-0.1, -0.05) is 0 Å². The molecule has 5 nitrogen and oxygen atoms in total. The molecule has 1 unspecified atom stereocenters. The van der Waals surface area contributed by atoms with E-state index in [1.807, 2.05) is 13.2 Å². The molecule has 18 heavy (non-hydrogen) atoms. The first-order chi connectivity index (χ1) is 8.69. The van der Waals surface area contributed by atoms with Gasteiger partial charge in [0.05, 0.1) is 12.8 Å². The van der Waals surface area contributed by atoms with Gasteiger partial charge in [0.2, 0.25) is 0 Å². The molecule has 0 bridgehead atoms. The number of rotatable bonds is 5. The quantitative estimate of drug-likeness (QED) is 0.873. The number of nitrogens with zero attached hydrogens (tertiary/aromatic N) is 2. The number of aromatic hydroxyl groups is 1. The Morgan fingerprint density at radius 3 is 2.94 bits per heavy atom. The number of phenols is 1. The Morgan fingerprint density at radius 1 is 1.50 bits per heavy atom. The van der Waals surface area contributed by atoms with Crippen LogP contribution in [0, 0.1) is 6.07 Å². The van der Waals surface area contributed by atoms with E-state index in [1.54, 1.807) is 24.1 Å². The van der Waals surface area contributed by atoms with Crippen LogP contribution in [-0.4, -0.2) is 28.6 Å². The minimum atomic E-state index is -0.265. The Morgan fingerprint density at radius 2 is 2.33 bits per heavy atom. The zero-order valence-electron chi connectivity index (χ0n) is 10.3. The van der Waals surface area contributed by atoms with Crippen molar-refractivity contribution < 1.29 is 14.6 Å². The largest absolute Gasteiger partial charge is 0.508 e. The fourth-order valence-corrected chi connectivity index (χ4v) is 1.63. The first-order valence-electron chi connectivity index (χ1n) is 5.53. The topological polar surface area (TPSA) is 56.5 Å². The van der Waals surface area contributed by atoms with E-state index in [2.05, 4.69) is 11.2 Å². The lowest BCUT2D eigenvalue weighted by Gasteiger charge is -2.17. The molecular weight excluding hydrogens is 232 g/mol. The van der Waals surface area contributed by atoms with Crippen molar-refractivity contribution in [2.24, 2.45) is 7.05 Å². The first-order valence-corrected chi connectivity index (χ1v) is 5.53. The first kappa shape index (κ1) is 12.4. The molecule has 1 heterocycles. The second-order valence-electron chi connectivity index (χ2n) is 3.94. The van der Waals surface area contributed by atoms with Crippen LogP contribution in [0.2, 0.25) is 0 Å². The van der Waals surface area contributed by atoms with Crippen molar-refractivity contribution in [2.45, 2.75) is 6.10 Å². The lowest BCUT2D eigenvalue weighted by molar-refractivity contribution is 0.0808. The summed E-state index contributed by atoms with van der Waals surface area (Å²) >= 11 is 0. The second-order valence-corrected chi connectivity index (χ2v) is 3.94. The highest BCUT2D eigenvalue weighted by Gasteiger charge is 2.15. The smallest absolute Gasteiger partial charge is 0.150 e. The van der Waals surface area contributed by atoms with Crippen LogP contribution in [0.15, 0.2) is 30.6 Å². The maximum absolute atomic E-state index is 9.37. The molecule has 1 atom stereocenters. The summed E-state index contributed by atoms with van der Waals surface area (Å²) in [5.74, 6) is 0.663. The van der Waals surface area contributed by atoms with Gasteiger partial charge in [0.1, 0.15) is 17.6 Å². The monoisotopic (exact) mass is 247 g/mol. The van der Waals surface area contributed by atoms with E-state index in [-0.39, 0.29) is 11.9 Å². The van der Waals surface area contributed by atoms with E-state index in [4.69, 9.17) is 9.47 Å². The number of aryl methyl sites for hydroxylation is 1. The SMILES string of the molecule is COCC(Oc1c[c]cc(O)c1)c1cnn(C)c1. The highest BCUT2D eigenvalue weighted by molar-refractivity contribution is 5.31. The maximum atomic E-state index is 9.37. The predicted molar refractivity (Wildman–Crippen MR) is 65.4 cm³/mol. The number of ether oxygens (including phenoxy) is 2. The van der Waals surface area contributed by atoms with Crippen molar-refractivity contribution in [3.63, 3.8) is 0 Å². The number of hydrogen-bond acceptors (Lipinski definition) is 4. The molecule has 0 saturated carbocycles. The van der Waals surface area contributed by atoms with Gasteiger partial charge in [0, 0.05) is 32.0 Å². The highest BCUT2D eigenvalue weighted by Crippen LogP contribution is 2.24. The zero-order valence-corrected chi connectivity index (χ0v) is 10.3. The fraction of sp³-hybridized carbons (Fsp3) is 0.308. The third-order valence-electron chi connectivity index (χ3n) is 2.44. The average Bonchev–Trinajstić information content (AvgIpc) is 2.75. The number of hydrogen-bond donors (Lipinski definition) is 1. The van der Waals surface area contributed by atoms with Crippen molar-refractivity contribution in [2.75, 3.05) is 13.7 Å². The van der Waals surface area contributed by atoms with Crippen molar-refractivity contribution in [1.29, 1.82) is 0 Å². The van der Waals surface area contributed by atoms with Gasteiger partial charge in [-0.3, -0.25) is 4.68 Å². The molecule has 1 aromatic carbocycles. The molecule has 0 aliphatic rings. The number of aromatic nitrogens is 2. The molecule has 0 spiro atoms. The number of methoxy groups -OCH3 is 1. The average molecular weight is 247 g/mol. The van der Waals surface area contributed by atoms with Crippen LogP contribution in [0.5, 0.6) is 11.5 Å². The molecular formula is C13H15N2O3.